The number of rotatable bonds is 12. The number of hydrogen-bond acceptors (Lipinski definition) is 6. The molecule has 0 fully saturated rings. The van der Waals surface area contributed by atoms with Gasteiger partial charge in [0, 0.05) is 28.2 Å². The summed E-state index contributed by atoms with van der Waals surface area (Å²) in [7, 11) is -3.53. The predicted octanol–water partition coefficient (Wildman–Crippen LogP) is 4.89. The smallest absolute Gasteiger partial charge is 0.344 e. The number of hydrogen-bond donors (Lipinski definition) is 0. The summed E-state index contributed by atoms with van der Waals surface area (Å²) in [5, 5.41) is 0. The highest BCUT2D eigenvalue weighted by Gasteiger charge is 2.23. The Bertz CT molecular complexity index is 964. The minimum absolute atomic E-state index is 0.124. The van der Waals surface area contributed by atoms with Crippen molar-refractivity contribution < 1.29 is 22.7 Å². The van der Waals surface area contributed by atoms with E-state index in [1.165, 1.54) is 4.31 Å². The van der Waals surface area contributed by atoms with Crippen LogP contribution in [0.2, 0.25) is 0 Å². The number of nitrogens with zero attached hydrogens (tertiary/aromatic N) is 1. The number of sulfonamides is 1. The number of thioether (sulfide) groups is 1. The van der Waals surface area contributed by atoms with Gasteiger partial charge < -0.3 is 9.47 Å². The highest BCUT2D eigenvalue weighted by atomic mass is 79.9. The van der Waals surface area contributed by atoms with E-state index < -0.39 is 16.0 Å². The maximum absolute atomic E-state index is 13.0. The second-order valence-electron chi connectivity index (χ2n) is 6.73. The van der Waals surface area contributed by atoms with Crippen molar-refractivity contribution in [2.45, 2.75) is 37.0 Å². The summed E-state index contributed by atoms with van der Waals surface area (Å²) in [6.45, 7) is 6.71. The molecule has 0 unspecified atom stereocenters. The van der Waals surface area contributed by atoms with Gasteiger partial charge in [0.15, 0.2) is 6.61 Å². The van der Waals surface area contributed by atoms with Crippen LogP contribution in [-0.2, 0) is 19.6 Å². The Morgan fingerprint density at radius 1 is 1.10 bits per heavy atom. The number of ether oxygens (including phenoxy) is 2. The minimum Gasteiger partial charge on any atom is -0.482 e. The fraction of sp³-hybridized carbons (Fsp3) is 0.409. The van der Waals surface area contributed by atoms with Gasteiger partial charge in [-0.15, -0.1) is 11.8 Å². The summed E-state index contributed by atoms with van der Waals surface area (Å²) in [5.74, 6) is 0.851. The van der Waals surface area contributed by atoms with E-state index in [4.69, 9.17) is 9.47 Å². The van der Waals surface area contributed by atoms with Crippen LogP contribution in [0.4, 0.5) is 0 Å². The monoisotopic (exact) mass is 529 g/mol. The molecule has 0 aliphatic carbocycles. The SMILES string of the molecule is CCCN(CCSc1ccc(OCC(=O)OCC)c(C)c1)S(=O)(=O)c1ccc(Br)cc1. The highest BCUT2D eigenvalue weighted by molar-refractivity contribution is 9.10. The molecule has 0 radical (unpaired) electrons. The molecule has 2 rings (SSSR count). The van der Waals surface area contributed by atoms with Gasteiger partial charge in [-0.3, -0.25) is 0 Å². The van der Waals surface area contributed by atoms with Crippen LogP contribution in [-0.4, -0.2) is 50.7 Å². The number of esters is 1. The van der Waals surface area contributed by atoms with Crippen LogP contribution in [0.1, 0.15) is 25.8 Å². The normalized spacial score (nSPS) is 11.5. The van der Waals surface area contributed by atoms with Crippen molar-refractivity contribution in [3.63, 3.8) is 0 Å². The summed E-state index contributed by atoms with van der Waals surface area (Å²) in [6, 6.07) is 12.4. The summed E-state index contributed by atoms with van der Waals surface area (Å²) >= 11 is 4.92. The molecule has 0 saturated carbocycles. The van der Waals surface area contributed by atoms with Crippen LogP contribution < -0.4 is 4.74 Å². The first-order chi connectivity index (χ1) is 14.8. The van der Waals surface area contributed by atoms with Crippen molar-refractivity contribution in [2.24, 2.45) is 0 Å². The zero-order chi connectivity index (χ0) is 22.9. The van der Waals surface area contributed by atoms with E-state index in [2.05, 4.69) is 15.9 Å². The van der Waals surface area contributed by atoms with E-state index >= 15 is 0 Å². The molecule has 0 aliphatic rings. The van der Waals surface area contributed by atoms with Gasteiger partial charge in [-0.05, 0) is 68.3 Å². The zero-order valence-corrected chi connectivity index (χ0v) is 21.2. The lowest BCUT2D eigenvalue weighted by Gasteiger charge is -2.21. The number of carbonyl (C=O) groups excluding carboxylic acids is 1. The average Bonchev–Trinajstić information content (AvgIpc) is 2.73. The lowest BCUT2D eigenvalue weighted by Crippen LogP contribution is -2.33. The molecular formula is C22H28BrNO5S2. The van der Waals surface area contributed by atoms with E-state index in [9.17, 15) is 13.2 Å². The van der Waals surface area contributed by atoms with Gasteiger partial charge in [0.05, 0.1) is 11.5 Å². The van der Waals surface area contributed by atoms with Crippen molar-refractivity contribution in [2.75, 3.05) is 32.1 Å². The van der Waals surface area contributed by atoms with Gasteiger partial charge in [-0.25, -0.2) is 13.2 Å². The molecule has 0 bridgehead atoms. The first-order valence-corrected chi connectivity index (χ1v) is 13.3. The van der Waals surface area contributed by atoms with Crippen LogP contribution in [0.25, 0.3) is 0 Å². The standard InChI is InChI=1S/C22H28BrNO5S2/c1-4-12-24(31(26,27)20-9-6-18(23)7-10-20)13-14-30-19-8-11-21(17(3)15-19)29-16-22(25)28-5-2/h6-11,15H,4-5,12-14,16H2,1-3H3. The van der Waals surface area contributed by atoms with E-state index in [0.717, 1.165) is 21.4 Å². The largest absolute Gasteiger partial charge is 0.482 e. The molecule has 6 nitrogen and oxygen atoms in total. The van der Waals surface area contributed by atoms with E-state index in [-0.39, 0.29) is 6.61 Å². The first-order valence-electron chi connectivity index (χ1n) is 10.1. The lowest BCUT2D eigenvalue weighted by molar-refractivity contribution is -0.145. The Kier molecular flexibility index (Phi) is 10.3. The van der Waals surface area contributed by atoms with Gasteiger partial charge in [0.1, 0.15) is 5.75 Å². The van der Waals surface area contributed by atoms with Gasteiger partial charge >= 0.3 is 5.97 Å². The Morgan fingerprint density at radius 3 is 2.42 bits per heavy atom. The van der Waals surface area contributed by atoms with Crippen molar-refractivity contribution in [3.8, 4) is 5.75 Å². The van der Waals surface area contributed by atoms with Crippen molar-refractivity contribution in [3.05, 3.63) is 52.5 Å². The summed E-state index contributed by atoms with van der Waals surface area (Å²) in [6.07, 6.45) is 0.742. The van der Waals surface area contributed by atoms with Crippen LogP contribution >= 0.6 is 27.7 Å². The number of aryl methyl sites for hydroxylation is 1. The topological polar surface area (TPSA) is 72.9 Å². The van der Waals surface area contributed by atoms with Gasteiger partial charge in [-0.2, -0.15) is 4.31 Å². The molecule has 2 aromatic carbocycles. The van der Waals surface area contributed by atoms with Crippen molar-refractivity contribution in [1.82, 2.24) is 4.31 Å². The number of carbonyl (C=O) groups is 1. The number of halogens is 1. The van der Waals surface area contributed by atoms with E-state index in [0.29, 0.717) is 36.1 Å². The van der Waals surface area contributed by atoms with Crippen molar-refractivity contribution in [1.29, 1.82) is 0 Å². The summed E-state index contributed by atoms with van der Waals surface area (Å²) in [5.41, 5.74) is 0.905. The molecule has 0 atom stereocenters. The summed E-state index contributed by atoms with van der Waals surface area (Å²) in [4.78, 5) is 12.8. The fourth-order valence-corrected chi connectivity index (χ4v) is 5.72. The van der Waals surface area contributed by atoms with Gasteiger partial charge in [-0.1, -0.05) is 22.9 Å². The fourth-order valence-electron chi connectivity index (χ4n) is 2.84. The second-order valence-corrected chi connectivity index (χ2v) is 10.7. The molecule has 0 aromatic heterocycles. The quantitative estimate of drug-likeness (QED) is 0.287. The maximum atomic E-state index is 13.0. The predicted molar refractivity (Wildman–Crippen MR) is 127 cm³/mol. The van der Waals surface area contributed by atoms with Crippen molar-refractivity contribution >= 4 is 43.7 Å². The average molecular weight is 531 g/mol. The first kappa shape index (κ1) is 25.7. The minimum atomic E-state index is -3.53. The lowest BCUT2D eigenvalue weighted by atomic mass is 10.2. The Hall–Kier alpha value is -1.55. The third-order valence-corrected chi connectivity index (χ3v) is 7.75. The molecule has 0 spiro atoms. The van der Waals surface area contributed by atoms with E-state index in [1.54, 1.807) is 43.0 Å². The Balaban J connectivity index is 1.97. The molecule has 2 aromatic rings. The Morgan fingerprint density at radius 2 is 1.81 bits per heavy atom. The molecule has 170 valence electrons. The third-order valence-electron chi connectivity index (χ3n) is 4.33. The van der Waals surface area contributed by atoms with Crippen LogP contribution in [0.15, 0.2) is 56.7 Å². The second kappa shape index (κ2) is 12.5. The molecule has 0 N–H and O–H groups in total. The summed E-state index contributed by atoms with van der Waals surface area (Å²) < 4.78 is 38.7. The maximum Gasteiger partial charge on any atom is 0.344 e. The third kappa shape index (κ3) is 7.82. The molecule has 0 saturated heterocycles. The molecule has 31 heavy (non-hydrogen) atoms. The molecule has 0 amide bonds. The van der Waals surface area contributed by atoms with E-state index in [1.807, 2.05) is 32.0 Å². The molecule has 0 aliphatic heterocycles. The molecular weight excluding hydrogens is 502 g/mol. The molecule has 9 heteroatoms. The Labute approximate surface area is 197 Å². The van der Waals surface area contributed by atoms with Crippen LogP contribution in [0, 0.1) is 6.92 Å². The highest BCUT2D eigenvalue weighted by Crippen LogP contribution is 2.26. The number of benzene rings is 2. The van der Waals surface area contributed by atoms with Gasteiger partial charge in [0.2, 0.25) is 10.0 Å². The van der Waals surface area contributed by atoms with Crippen LogP contribution in [0.5, 0.6) is 5.75 Å². The zero-order valence-electron chi connectivity index (χ0n) is 18.0. The molecule has 0 heterocycles. The van der Waals surface area contributed by atoms with Gasteiger partial charge in [0.25, 0.3) is 0 Å². The van der Waals surface area contributed by atoms with Crippen LogP contribution in [0.3, 0.4) is 0 Å².